The number of carbonyl (C=O) groups excluding carboxylic acids is 4. The molecule has 2 rings (SSSR count). The Balaban J connectivity index is 2.58. The van der Waals surface area contributed by atoms with Crippen molar-refractivity contribution in [3.63, 3.8) is 0 Å². The SMILES string of the molecule is CCCCCCCCN(C(=O)C(CC(N)=O)NC(=O)OC(C)(C)C)C(C(=O)Nc1ccc(OC)cc1)c1c(C)cccc1C. The summed E-state index contributed by atoms with van der Waals surface area (Å²) in [6.45, 7) is 11.2. The number of nitrogens with zero attached hydrogens (tertiary/aromatic N) is 1. The van der Waals surface area contributed by atoms with Gasteiger partial charge in [0.2, 0.25) is 11.8 Å². The number of aryl methyl sites for hydroxylation is 2. The highest BCUT2D eigenvalue weighted by molar-refractivity contribution is 6.00. The van der Waals surface area contributed by atoms with E-state index in [0.717, 1.165) is 43.2 Å². The van der Waals surface area contributed by atoms with E-state index < -0.39 is 47.9 Å². The number of amides is 4. The molecule has 10 nitrogen and oxygen atoms in total. The van der Waals surface area contributed by atoms with Gasteiger partial charge >= 0.3 is 6.09 Å². The van der Waals surface area contributed by atoms with Gasteiger partial charge in [0.05, 0.1) is 13.5 Å². The molecule has 0 fully saturated rings. The molecule has 0 radical (unpaired) electrons. The predicted molar refractivity (Wildman–Crippen MR) is 172 cm³/mol. The average molecular weight is 611 g/mol. The monoisotopic (exact) mass is 610 g/mol. The summed E-state index contributed by atoms with van der Waals surface area (Å²) in [7, 11) is 1.56. The Labute approximate surface area is 262 Å². The zero-order valence-corrected chi connectivity index (χ0v) is 27.3. The molecular weight excluding hydrogens is 560 g/mol. The summed E-state index contributed by atoms with van der Waals surface area (Å²) in [5.41, 5.74) is 7.55. The van der Waals surface area contributed by atoms with Gasteiger partial charge in [-0.15, -0.1) is 0 Å². The quantitative estimate of drug-likeness (QED) is 0.201. The average Bonchev–Trinajstić information content (AvgIpc) is 2.93. The van der Waals surface area contributed by atoms with Crippen molar-refractivity contribution in [1.29, 1.82) is 0 Å². The Morgan fingerprint density at radius 2 is 1.50 bits per heavy atom. The Kier molecular flexibility index (Phi) is 14.2. The number of unbranched alkanes of at least 4 members (excludes halogenated alkanes) is 5. The van der Waals surface area contributed by atoms with Crippen LogP contribution >= 0.6 is 0 Å². The first-order chi connectivity index (χ1) is 20.8. The van der Waals surface area contributed by atoms with Gasteiger partial charge in [0, 0.05) is 12.2 Å². The third kappa shape index (κ3) is 11.5. The molecule has 0 saturated heterocycles. The highest BCUT2D eigenvalue weighted by atomic mass is 16.6. The minimum absolute atomic E-state index is 0.227. The fourth-order valence-electron chi connectivity index (χ4n) is 5.05. The molecule has 2 aromatic rings. The van der Waals surface area contributed by atoms with Gasteiger partial charge in [-0.2, -0.15) is 0 Å². The lowest BCUT2D eigenvalue weighted by atomic mass is 9.93. The fourth-order valence-corrected chi connectivity index (χ4v) is 5.05. The molecule has 4 N–H and O–H groups in total. The number of benzene rings is 2. The minimum atomic E-state index is -1.33. The number of nitrogens with two attached hydrogens (primary N) is 1. The molecule has 0 spiro atoms. The van der Waals surface area contributed by atoms with Crippen LogP contribution in [-0.2, 0) is 19.1 Å². The van der Waals surface area contributed by atoms with Crippen molar-refractivity contribution in [2.45, 2.75) is 104 Å². The van der Waals surface area contributed by atoms with E-state index in [9.17, 15) is 19.2 Å². The molecule has 2 atom stereocenters. The minimum Gasteiger partial charge on any atom is -0.497 e. The second-order valence-electron chi connectivity index (χ2n) is 12.1. The maximum atomic E-state index is 14.4. The molecule has 0 saturated carbocycles. The van der Waals surface area contributed by atoms with Crippen LogP contribution in [0.1, 0.15) is 95.4 Å². The van der Waals surface area contributed by atoms with Crippen LogP contribution in [0.4, 0.5) is 10.5 Å². The van der Waals surface area contributed by atoms with Crippen molar-refractivity contribution in [3.8, 4) is 5.75 Å². The molecule has 44 heavy (non-hydrogen) atoms. The normalized spacial score (nSPS) is 12.5. The van der Waals surface area contributed by atoms with E-state index in [2.05, 4.69) is 17.6 Å². The zero-order chi connectivity index (χ0) is 32.9. The summed E-state index contributed by atoms with van der Waals surface area (Å²) in [6, 6.07) is 10.2. The summed E-state index contributed by atoms with van der Waals surface area (Å²) in [5, 5.41) is 5.50. The number of rotatable bonds is 16. The molecule has 4 amide bonds. The third-order valence-electron chi connectivity index (χ3n) is 7.16. The maximum Gasteiger partial charge on any atom is 0.408 e. The van der Waals surface area contributed by atoms with Gasteiger partial charge in [0.1, 0.15) is 23.4 Å². The number of anilines is 1. The lowest BCUT2D eigenvalue weighted by Crippen LogP contribution is -2.53. The van der Waals surface area contributed by atoms with E-state index in [4.69, 9.17) is 15.2 Å². The largest absolute Gasteiger partial charge is 0.497 e. The van der Waals surface area contributed by atoms with Crippen molar-refractivity contribution in [3.05, 3.63) is 59.2 Å². The number of carbonyl (C=O) groups is 4. The molecule has 10 heteroatoms. The van der Waals surface area contributed by atoms with Crippen molar-refractivity contribution >= 4 is 29.5 Å². The number of primary amides is 1. The number of hydrogen-bond donors (Lipinski definition) is 3. The van der Waals surface area contributed by atoms with E-state index in [-0.39, 0.29) is 6.54 Å². The fraction of sp³-hybridized carbons (Fsp3) is 0.529. The smallest absolute Gasteiger partial charge is 0.408 e. The highest BCUT2D eigenvalue weighted by Gasteiger charge is 2.38. The van der Waals surface area contributed by atoms with Gasteiger partial charge in [-0.1, -0.05) is 57.2 Å². The Morgan fingerprint density at radius 1 is 0.909 bits per heavy atom. The predicted octanol–water partition coefficient (Wildman–Crippen LogP) is 5.95. The van der Waals surface area contributed by atoms with E-state index in [0.29, 0.717) is 23.4 Å². The van der Waals surface area contributed by atoms with Gasteiger partial charge in [0.15, 0.2) is 0 Å². The van der Waals surface area contributed by atoms with Crippen LogP contribution < -0.4 is 21.1 Å². The van der Waals surface area contributed by atoms with E-state index >= 15 is 0 Å². The summed E-state index contributed by atoms with van der Waals surface area (Å²) in [4.78, 5) is 54.9. The summed E-state index contributed by atoms with van der Waals surface area (Å²) >= 11 is 0. The Bertz CT molecular complexity index is 1240. The van der Waals surface area contributed by atoms with Crippen molar-refractivity contribution in [1.82, 2.24) is 10.2 Å². The molecule has 2 aromatic carbocycles. The summed E-state index contributed by atoms with van der Waals surface area (Å²) in [5.74, 6) is -1.16. The van der Waals surface area contributed by atoms with Crippen molar-refractivity contribution in [2.24, 2.45) is 5.73 Å². The second-order valence-corrected chi connectivity index (χ2v) is 12.1. The van der Waals surface area contributed by atoms with Crippen LogP contribution in [-0.4, -0.2) is 54.0 Å². The first-order valence-electron chi connectivity index (χ1n) is 15.4. The lowest BCUT2D eigenvalue weighted by molar-refractivity contribution is -0.142. The number of alkyl carbamates (subject to hydrolysis) is 1. The lowest BCUT2D eigenvalue weighted by Gasteiger charge is -2.35. The van der Waals surface area contributed by atoms with Gasteiger partial charge in [-0.25, -0.2) is 4.79 Å². The van der Waals surface area contributed by atoms with Crippen molar-refractivity contribution < 1.29 is 28.7 Å². The van der Waals surface area contributed by atoms with E-state index in [1.807, 2.05) is 32.0 Å². The molecule has 0 aromatic heterocycles. The topological polar surface area (TPSA) is 140 Å². The standard InChI is InChI=1S/C34H50N4O6/c1-8-9-10-11-12-13-21-38(32(41)27(22-28(35)39)37-33(42)44-34(4,5)6)30(29-23(2)15-14-16-24(29)3)31(40)36-25-17-19-26(43-7)20-18-25/h14-20,27,30H,8-13,21-22H2,1-7H3,(H2,35,39)(H,36,40)(H,37,42). The molecule has 242 valence electrons. The summed E-state index contributed by atoms with van der Waals surface area (Å²) in [6.07, 6.45) is 4.46. The summed E-state index contributed by atoms with van der Waals surface area (Å²) < 4.78 is 10.6. The van der Waals surface area contributed by atoms with Gasteiger partial charge in [0.25, 0.3) is 5.91 Å². The number of hydrogen-bond acceptors (Lipinski definition) is 6. The van der Waals surface area contributed by atoms with Crippen LogP contribution in [0.2, 0.25) is 0 Å². The maximum absolute atomic E-state index is 14.4. The Morgan fingerprint density at radius 3 is 2.05 bits per heavy atom. The van der Waals surface area contributed by atoms with Crippen LogP contribution in [0.15, 0.2) is 42.5 Å². The molecule has 0 aliphatic rings. The highest BCUT2D eigenvalue weighted by Crippen LogP contribution is 2.31. The second kappa shape index (κ2) is 17.3. The van der Waals surface area contributed by atoms with Crippen LogP contribution in [0.3, 0.4) is 0 Å². The molecule has 0 aliphatic heterocycles. The number of ether oxygens (including phenoxy) is 2. The Hall–Kier alpha value is -4.08. The third-order valence-corrected chi connectivity index (χ3v) is 7.16. The van der Waals surface area contributed by atoms with Gasteiger partial charge < -0.3 is 30.7 Å². The molecule has 0 bridgehead atoms. The van der Waals surface area contributed by atoms with Gasteiger partial charge in [-0.05, 0) is 82.0 Å². The number of methoxy groups -OCH3 is 1. The van der Waals surface area contributed by atoms with Gasteiger partial charge in [-0.3, -0.25) is 14.4 Å². The molecule has 0 aliphatic carbocycles. The first-order valence-corrected chi connectivity index (χ1v) is 15.4. The van der Waals surface area contributed by atoms with E-state index in [1.165, 1.54) is 4.90 Å². The van der Waals surface area contributed by atoms with E-state index in [1.54, 1.807) is 52.1 Å². The number of nitrogens with one attached hydrogen (secondary N) is 2. The zero-order valence-electron chi connectivity index (χ0n) is 27.3. The van der Waals surface area contributed by atoms with Crippen molar-refractivity contribution in [2.75, 3.05) is 19.0 Å². The van der Waals surface area contributed by atoms with Crippen LogP contribution in [0.5, 0.6) is 5.75 Å². The molecular formula is C34H50N4O6. The van der Waals surface area contributed by atoms with Crippen LogP contribution in [0, 0.1) is 13.8 Å². The molecule has 2 unspecified atom stereocenters. The first kappa shape index (κ1) is 36.1. The van der Waals surface area contributed by atoms with Crippen LogP contribution in [0.25, 0.3) is 0 Å². The molecule has 0 heterocycles.